The molecule has 1 saturated heterocycles. The van der Waals surface area contributed by atoms with Crippen LogP contribution in [0.4, 0.5) is 0 Å². The number of guanidine groups is 1. The van der Waals surface area contributed by atoms with Gasteiger partial charge in [0.1, 0.15) is 0 Å². The van der Waals surface area contributed by atoms with E-state index in [0.29, 0.717) is 6.04 Å². The monoisotopic (exact) mass is 378 g/mol. The van der Waals surface area contributed by atoms with Gasteiger partial charge in [0.2, 0.25) is 0 Å². The normalized spacial score (nSPS) is 25.1. The molecule has 1 heterocycles. The summed E-state index contributed by atoms with van der Waals surface area (Å²) in [5, 5.41) is 6.74. The highest BCUT2D eigenvalue weighted by Crippen LogP contribution is 2.26. The molecule has 1 saturated carbocycles. The van der Waals surface area contributed by atoms with Crippen molar-refractivity contribution < 1.29 is 0 Å². The molecule has 0 amide bonds. The lowest BCUT2D eigenvalue weighted by Crippen LogP contribution is -2.45. The Kier molecular flexibility index (Phi) is 7.75. The number of nitrogens with zero attached hydrogens (tertiary/aromatic N) is 2. The minimum atomic E-state index is 0. The molecule has 0 aromatic heterocycles. The Morgan fingerprint density at radius 3 is 2.74 bits per heavy atom. The van der Waals surface area contributed by atoms with E-state index < -0.39 is 0 Å². The molecule has 4 nitrogen and oxygen atoms in total. The first-order chi connectivity index (χ1) is 8.83. The van der Waals surface area contributed by atoms with Crippen molar-refractivity contribution in [3.05, 3.63) is 12.7 Å². The van der Waals surface area contributed by atoms with Crippen LogP contribution in [-0.2, 0) is 0 Å². The number of nitrogens with one attached hydrogen (secondary N) is 2. The molecule has 1 aliphatic carbocycles. The predicted octanol–water partition coefficient (Wildman–Crippen LogP) is 1.97. The topological polar surface area (TPSA) is 39.7 Å². The van der Waals surface area contributed by atoms with Crippen molar-refractivity contribution in [1.82, 2.24) is 15.5 Å². The highest BCUT2D eigenvalue weighted by molar-refractivity contribution is 14.0. The third-order valence-electron chi connectivity index (χ3n) is 4.04. The molecule has 0 radical (unpaired) electrons. The summed E-state index contributed by atoms with van der Waals surface area (Å²) in [5.41, 5.74) is 0. The molecule has 2 rings (SSSR count). The Morgan fingerprint density at radius 1 is 1.37 bits per heavy atom. The van der Waals surface area contributed by atoms with Gasteiger partial charge in [-0.1, -0.05) is 18.9 Å². The summed E-state index contributed by atoms with van der Waals surface area (Å²) >= 11 is 0. The van der Waals surface area contributed by atoms with E-state index in [9.17, 15) is 0 Å². The molecular weight excluding hydrogens is 351 g/mol. The first kappa shape index (κ1) is 16.8. The quantitative estimate of drug-likeness (QED) is 0.340. The number of halogens is 1. The minimum Gasteiger partial charge on any atom is -0.353 e. The molecule has 2 fully saturated rings. The fourth-order valence-electron chi connectivity index (χ4n) is 3.06. The molecule has 1 aliphatic heterocycles. The van der Waals surface area contributed by atoms with Gasteiger partial charge < -0.3 is 10.6 Å². The van der Waals surface area contributed by atoms with E-state index in [4.69, 9.17) is 0 Å². The van der Waals surface area contributed by atoms with E-state index in [0.717, 1.165) is 18.5 Å². The standard InChI is InChI=1S/C14H26N4.HI/c1-3-9-16-14(15-2)17-12-8-10-18(11-12)13-6-4-5-7-13;/h3,12-13H,1,4-11H2,2H3,(H2,15,16,17);1H. The van der Waals surface area contributed by atoms with Gasteiger partial charge in [0.15, 0.2) is 5.96 Å². The Morgan fingerprint density at radius 2 is 2.11 bits per heavy atom. The predicted molar refractivity (Wildman–Crippen MR) is 92.3 cm³/mol. The van der Waals surface area contributed by atoms with Crippen LogP contribution in [0.2, 0.25) is 0 Å². The van der Waals surface area contributed by atoms with Gasteiger partial charge in [-0.15, -0.1) is 30.6 Å². The largest absolute Gasteiger partial charge is 0.353 e. The van der Waals surface area contributed by atoms with E-state index >= 15 is 0 Å². The molecule has 0 aromatic rings. The maximum Gasteiger partial charge on any atom is 0.191 e. The van der Waals surface area contributed by atoms with Gasteiger partial charge >= 0.3 is 0 Å². The van der Waals surface area contributed by atoms with Gasteiger partial charge in [-0.2, -0.15) is 0 Å². The molecule has 2 N–H and O–H groups in total. The first-order valence-corrected chi connectivity index (χ1v) is 7.15. The molecule has 0 aromatic carbocycles. The second-order valence-electron chi connectivity index (χ2n) is 5.30. The molecule has 0 bridgehead atoms. The minimum absolute atomic E-state index is 0. The Bertz CT molecular complexity index is 300. The summed E-state index contributed by atoms with van der Waals surface area (Å²) in [6.07, 6.45) is 8.72. The van der Waals surface area contributed by atoms with Crippen molar-refractivity contribution in [2.45, 2.75) is 44.2 Å². The van der Waals surface area contributed by atoms with Crippen molar-refractivity contribution >= 4 is 29.9 Å². The van der Waals surface area contributed by atoms with Crippen molar-refractivity contribution in [3.63, 3.8) is 0 Å². The zero-order valence-electron chi connectivity index (χ0n) is 11.9. The van der Waals surface area contributed by atoms with Crippen LogP contribution in [0.3, 0.4) is 0 Å². The van der Waals surface area contributed by atoms with Crippen LogP contribution < -0.4 is 10.6 Å². The molecule has 0 spiro atoms. The van der Waals surface area contributed by atoms with E-state index in [1.165, 1.54) is 45.2 Å². The highest BCUT2D eigenvalue weighted by Gasteiger charge is 2.30. The van der Waals surface area contributed by atoms with Crippen molar-refractivity contribution in [2.24, 2.45) is 4.99 Å². The summed E-state index contributed by atoms with van der Waals surface area (Å²) < 4.78 is 0. The molecule has 1 unspecified atom stereocenters. The average Bonchev–Trinajstić information content (AvgIpc) is 3.04. The van der Waals surface area contributed by atoms with E-state index in [-0.39, 0.29) is 24.0 Å². The van der Waals surface area contributed by atoms with E-state index in [1.54, 1.807) is 0 Å². The van der Waals surface area contributed by atoms with Crippen LogP contribution in [0.1, 0.15) is 32.1 Å². The van der Waals surface area contributed by atoms with Crippen molar-refractivity contribution in [3.8, 4) is 0 Å². The van der Waals surface area contributed by atoms with Gasteiger partial charge in [-0.05, 0) is 19.3 Å². The smallest absolute Gasteiger partial charge is 0.191 e. The van der Waals surface area contributed by atoms with E-state index in [1.807, 2.05) is 13.1 Å². The Hall–Kier alpha value is -0.300. The molecule has 2 aliphatic rings. The summed E-state index contributed by atoms with van der Waals surface area (Å²) in [7, 11) is 1.82. The number of likely N-dealkylation sites (tertiary alicyclic amines) is 1. The number of hydrogen-bond acceptors (Lipinski definition) is 2. The van der Waals surface area contributed by atoms with Crippen LogP contribution in [0.5, 0.6) is 0 Å². The second-order valence-corrected chi connectivity index (χ2v) is 5.30. The Balaban J connectivity index is 0.00000180. The van der Waals surface area contributed by atoms with Gasteiger partial charge in [0.05, 0.1) is 0 Å². The third kappa shape index (κ3) is 4.95. The number of rotatable bonds is 4. The average molecular weight is 378 g/mol. The number of hydrogen-bond donors (Lipinski definition) is 2. The Labute approximate surface area is 134 Å². The molecular formula is C14H27IN4. The van der Waals surface area contributed by atoms with Crippen LogP contribution >= 0.6 is 24.0 Å². The van der Waals surface area contributed by atoms with Crippen molar-refractivity contribution in [1.29, 1.82) is 0 Å². The van der Waals surface area contributed by atoms with Gasteiger partial charge in [-0.3, -0.25) is 9.89 Å². The fraction of sp³-hybridized carbons (Fsp3) is 0.786. The van der Waals surface area contributed by atoms with Crippen LogP contribution in [0.15, 0.2) is 17.6 Å². The SMILES string of the molecule is C=CCNC(=NC)NC1CCN(C2CCCC2)C1.I. The lowest BCUT2D eigenvalue weighted by atomic mass is 10.2. The maximum atomic E-state index is 4.24. The van der Waals surface area contributed by atoms with Crippen LogP contribution in [0.25, 0.3) is 0 Å². The molecule has 1 atom stereocenters. The summed E-state index contributed by atoms with van der Waals surface area (Å²) in [6.45, 7) is 6.88. The number of aliphatic imine (C=N–C) groups is 1. The first-order valence-electron chi connectivity index (χ1n) is 7.15. The van der Waals surface area contributed by atoms with Gasteiger partial charge in [0, 0.05) is 38.8 Å². The van der Waals surface area contributed by atoms with Crippen LogP contribution in [0, 0.1) is 0 Å². The highest BCUT2D eigenvalue weighted by atomic mass is 127. The molecule has 110 valence electrons. The zero-order valence-corrected chi connectivity index (χ0v) is 14.2. The van der Waals surface area contributed by atoms with Crippen molar-refractivity contribution in [2.75, 3.05) is 26.7 Å². The van der Waals surface area contributed by atoms with Gasteiger partial charge in [-0.25, -0.2) is 0 Å². The van der Waals surface area contributed by atoms with Gasteiger partial charge in [0.25, 0.3) is 0 Å². The lowest BCUT2D eigenvalue weighted by molar-refractivity contribution is 0.242. The summed E-state index contributed by atoms with van der Waals surface area (Å²) in [5.74, 6) is 0.896. The maximum absolute atomic E-state index is 4.24. The summed E-state index contributed by atoms with van der Waals surface area (Å²) in [6, 6.07) is 1.39. The summed E-state index contributed by atoms with van der Waals surface area (Å²) in [4.78, 5) is 6.90. The fourth-order valence-corrected chi connectivity index (χ4v) is 3.06. The molecule has 19 heavy (non-hydrogen) atoms. The third-order valence-corrected chi connectivity index (χ3v) is 4.04. The van der Waals surface area contributed by atoms with E-state index in [2.05, 4.69) is 27.1 Å². The second kappa shape index (κ2) is 8.79. The lowest BCUT2D eigenvalue weighted by Gasteiger charge is -2.24. The van der Waals surface area contributed by atoms with Crippen LogP contribution in [-0.4, -0.2) is 49.6 Å². The zero-order chi connectivity index (χ0) is 12.8. The molecule has 5 heteroatoms.